The maximum Gasteiger partial charge on any atom is 0.161 e. The quantitative estimate of drug-likeness (QED) is 0.264. The van der Waals surface area contributed by atoms with Crippen molar-refractivity contribution in [3.63, 3.8) is 0 Å². The fraction of sp³-hybridized carbons (Fsp3) is 0.294. The maximum absolute atomic E-state index is 3.97. The topological polar surface area (TPSA) is 0 Å². The van der Waals surface area contributed by atoms with E-state index in [2.05, 4.69) is 152 Å². The monoisotopic (exact) mass is 847 g/mol. The van der Waals surface area contributed by atoms with Crippen molar-refractivity contribution in [2.75, 3.05) is 5.33 Å². The van der Waals surface area contributed by atoms with Crippen LogP contribution < -0.4 is 0 Å². The molecule has 0 atom stereocenters. The molecule has 0 radical (unpaired) electrons. The molecular formula is C17H12Br8. The van der Waals surface area contributed by atoms with E-state index in [1.54, 1.807) is 0 Å². The average Bonchev–Trinajstić information content (AvgIpc) is 2.56. The molecule has 0 spiro atoms. The second kappa shape index (κ2) is 8.97. The van der Waals surface area contributed by atoms with Crippen molar-refractivity contribution >= 4 is 127 Å². The SMILES string of the molecule is BrCC(Br)(Br)C(c1ccccc1)(c1ccccc1)C(Br)(Br)C(Br)(Br)Br. The Morgan fingerprint density at radius 2 is 0.960 bits per heavy atom. The summed E-state index contributed by atoms with van der Waals surface area (Å²) in [5, 5.41) is 0.645. The highest BCUT2D eigenvalue weighted by molar-refractivity contribution is 9.41. The van der Waals surface area contributed by atoms with Gasteiger partial charge >= 0.3 is 0 Å². The molecule has 2 aromatic rings. The van der Waals surface area contributed by atoms with Gasteiger partial charge in [0.05, 0.1) is 5.41 Å². The molecule has 0 saturated carbocycles. The Hall–Kier alpha value is 2.28. The predicted octanol–water partition coefficient (Wildman–Crippen LogP) is 9.18. The zero-order valence-electron chi connectivity index (χ0n) is 12.5. The van der Waals surface area contributed by atoms with E-state index in [1.807, 2.05) is 36.4 Å². The molecule has 0 aliphatic carbocycles. The number of halogens is 8. The fourth-order valence-electron chi connectivity index (χ4n) is 2.87. The summed E-state index contributed by atoms with van der Waals surface area (Å²) < 4.78 is -1.91. The molecule has 0 unspecified atom stereocenters. The lowest BCUT2D eigenvalue weighted by molar-refractivity contribution is 0.475. The molecule has 8 heteroatoms. The van der Waals surface area contributed by atoms with Crippen LogP contribution in [-0.2, 0) is 5.41 Å². The second-order valence-corrected chi connectivity index (χ2v) is 19.9. The Morgan fingerprint density at radius 3 is 1.24 bits per heavy atom. The van der Waals surface area contributed by atoms with Crippen molar-refractivity contribution in [3.05, 3.63) is 71.8 Å². The molecular weight excluding hydrogens is 843 g/mol. The van der Waals surface area contributed by atoms with Gasteiger partial charge in [-0.3, -0.25) is 0 Å². The standard InChI is InChI=1S/C17H12Br8/c18-11-14(19,20)15(12-7-3-1-4-8-12,13-9-5-2-6-10-13)16(21,22)17(23,24)25/h1-10H,11H2. The molecule has 0 aromatic heterocycles. The maximum atomic E-state index is 3.97. The van der Waals surface area contributed by atoms with E-state index < -0.39 is 14.0 Å². The Morgan fingerprint density at radius 1 is 0.600 bits per heavy atom. The first-order chi connectivity index (χ1) is 11.5. The minimum atomic E-state index is -0.705. The number of benzene rings is 2. The number of hydrogen-bond donors (Lipinski definition) is 0. The molecule has 25 heavy (non-hydrogen) atoms. The highest BCUT2D eigenvalue weighted by Crippen LogP contribution is 2.69. The average molecular weight is 856 g/mol. The molecule has 0 bridgehead atoms. The zero-order valence-corrected chi connectivity index (χ0v) is 25.2. The highest BCUT2D eigenvalue weighted by Gasteiger charge is 2.67. The Bertz CT molecular complexity index is 652. The number of rotatable bonds is 5. The largest absolute Gasteiger partial charge is 0.161 e. The van der Waals surface area contributed by atoms with Gasteiger partial charge < -0.3 is 0 Å². The first-order valence-corrected chi connectivity index (χ1v) is 13.7. The van der Waals surface area contributed by atoms with Crippen LogP contribution in [0.4, 0.5) is 0 Å². The third kappa shape index (κ3) is 4.26. The first-order valence-electron chi connectivity index (χ1n) is 7.02. The van der Waals surface area contributed by atoms with Crippen molar-refractivity contribution < 1.29 is 0 Å². The summed E-state index contributed by atoms with van der Waals surface area (Å²) in [6, 6.07) is 20.7. The molecule has 2 rings (SSSR count). The van der Waals surface area contributed by atoms with Crippen molar-refractivity contribution in [3.8, 4) is 0 Å². The summed E-state index contributed by atoms with van der Waals surface area (Å²) in [7, 11) is 0. The van der Waals surface area contributed by atoms with Gasteiger partial charge in [0.25, 0.3) is 0 Å². The smallest absolute Gasteiger partial charge is 0.0903 e. The van der Waals surface area contributed by atoms with Gasteiger partial charge in [-0.05, 0) is 11.1 Å². The van der Waals surface area contributed by atoms with Gasteiger partial charge in [0.15, 0.2) is 2.14 Å². The summed E-state index contributed by atoms with van der Waals surface area (Å²) in [4.78, 5) is 0. The molecule has 0 heterocycles. The first kappa shape index (κ1) is 23.6. The fourth-order valence-corrected chi connectivity index (χ4v) is 8.35. The van der Waals surface area contributed by atoms with E-state index in [-0.39, 0.29) is 0 Å². The Labute approximate surface area is 215 Å². The Kier molecular flexibility index (Phi) is 8.45. The van der Waals surface area contributed by atoms with Crippen molar-refractivity contribution in [2.24, 2.45) is 0 Å². The van der Waals surface area contributed by atoms with Crippen LogP contribution >= 0.6 is 127 Å². The van der Waals surface area contributed by atoms with Gasteiger partial charge in [-0.1, -0.05) is 188 Å². The summed E-state index contributed by atoms with van der Waals surface area (Å²) in [5.41, 5.74) is 1.62. The van der Waals surface area contributed by atoms with Gasteiger partial charge in [-0.15, -0.1) is 0 Å². The van der Waals surface area contributed by atoms with Crippen LogP contribution in [0.2, 0.25) is 0 Å². The third-order valence-corrected chi connectivity index (χ3v) is 15.4. The van der Waals surface area contributed by atoms with Gasteiger partial charge in [-0.25, -0.2) is 0 Å². The van der Waals surface area contributed by atoms with E-state index in [4.69, 9.17) is 0 Å². The summed E-state index contributed by atoms with van der Waals surface area (Å²) >= 11 is 30.7. The lowest BCUT2D eigenvalue weighted by atomic mass is 9.70. The zero-order chi connectivity index (χ0) is 18.9. The number of hydrogen-bond acceptors (Lipinski definition) is 0. The predicted molar refractivity (Wildman–Crippen MR) is 138 cm³/mol. The molecule has 0 N–H and O–H groups in total. The van der Waals surface area contributed by atoms with Crippen LogP contribution in [0.25, 0.3) is 0 Å². The van der Waals surface area contributed by atoms with E-state index in [9.17, 15) is 0 Å². The van der Waals surface area contributed by atoms with Crippen LogP contribution in [0.3, 0.4) is 0 Å². The summed E-state index contributed by atoms with van der Waals surface area (Å²) in [6.07, 6.45) is 0. The van der Waals surface area contributed by atoms with Gasteiger partial charge in [0.2, 0.25) is 0 Å². The normalized spacial score (nSPS) is 13.8. The lowest BCUT2D eigenvalue weighted by Gasteiger charge is -2.54. The van der Waals surface area contributed by atoms with Crippen molar-refractivity contribution in [1.29, 1.82) is 0 Å². The van der Waals surface area contributed by atoms with Crippen molar-refractivity contribution in [2.45, 2.75) is 14.0 Å². The van der Waals surface area contributed by atoms with Crippen LogP contribution in [0.1, 0.15) is 11.1 Å². The molecule has 2 aromatic carbocycles. The van der Waals surface area contributed by atoms with E-state index >= 15 is 0 Å². The second-order valence-electron chi connectivity index (χ2n) is 5.39. The Balaban J connectivity index is 3.01. The summed E-state index contributed by atoms with van der Waals surface area (Å²) in [5.74, 6) is 0. The third-order valence-electron chi connectivity index (χ3n) is 3.96. The van der Waals surface area contributed by atoms with Gasteiger partial charge in [-0.2, -0.15) is 0 Å². The highest BCUT2D eigenvalue weighted by atomic mass is 80.0. The van der Waals surface area contributed by atoms with Crippen LogP contribution in [0.5, 0.6) is 0 Å². The van der Waals surface area contributed by atoms with E-state index in [0.29, 0.717) is 5.33 Å². The lowest BCUT2D eigenvalue weighted by Crippen LogP contribution is -2.60. The molecule has 136 valence electrons. The number of alkyl halides is 8. The molecule has 0 aliphatic rings. The molecule has 0 fully saturated rings. The van der Waals surface area contributed by atoms with Crippen molar-refractivity contribution in [1.82, 2.24) is 0 Å². The summed E-state index contributed by atoms with van der Waals surface area (Å²) in [6.45, 7) is 0. The van der Waals surface area contributed by atoms with Crippen LogP contribution in [0, 0.1) is 0 Å². The minimum absolute atomic E-state index is 0.538. The molecule has 0 aliphatic heterocycles. The molecule has 0 amide bonds. The minimum Gasteiger partial charge on any atom is -0.0903 e. The van der Waals surface area contributed by atoms with E-state index in [1.165, 1.54) is 0 Å². The van der Waals surface area contributed by atoms with Crippen LogP contribution in [-0.4, -0.2) is 13.9 Å². The van der Waals surface area contributed by atoms with E-state index in [0.717, 1.165) is 11.1 Å². The van der Waals surface area contributed by atoms with Gasteiger partial charge in [0.1, 0.15) is 6.47 Å². The molecule has 0 nitrogen and oxygen atoms in total. The van der Waals surface area contributed by atoms with Crippen LogP contribution in [0.15, 0.2) is 60.7 Å². The molecule has 0 saturated heterocycles. The van der Waals surface area contributed by atoms with Gasteiger partial charge in [0, 0.05) is 5.33 Å².